The molecule has 1 aromatic heterocycles. The topological polar surface area (TPSA) is 35.0 Å². The van der Waals surface area contributed by atoms with Gasteiger partial charge >= 0.3 is 6.01 Å². The van der Waals surface area contributed by atoms with E-state index in [4.69, 9.17) is 16.3 Å². The second kappa shape index (κ2) is 5.10. The summed E-state index contributed by atoms with van der Waals surface area (Å²) < 4.78 is 18.3. The van der Waals surface area contributed by atoms with Gasteiger partial charge in [0.1, 0.15) is 11.6 Å². The number of rotatable bonds is 3. The van der Waals surface area contributed by atoms with Gasteiger partial charge in [-0.1, -0.05) is 0 Å². The van der Waals surface area contributed by atoms with Crippen molar-refractivity contribution in [1.29, 1.82) is 0 Å². The first kappa shape index (κ1) is 11.8. The molecule has 0 saturated heterocycles. The first-order valence-corrected chi connectivity index (χ1v) is 5.53. The molecule has 2 aromatic rings. The molecule has 0 fully saturated rings. The van der Waals surface area contributed by atoms with Crippen LogP contribution in [-0.2, 0) is 5.88 Å². The van der Waals surface area contributed by atoms with Crippen molar-refractivity contribution in [1.82, 2.24) is 9.97 Å². The summed E-state index contributed by atoms with van der Waals surface area (Å²) in [5.74, 6) is 0.592. The summed E-state index contributed by atoms with van der Waals surface area (Å²) in [6, 6.07) is 4.48. The van der Waals surface area contributed by atoms with Crippen LogP contribution in [0.3, 0.4) is 0 Å². The molecule has 1 aromatic carbocycles. The van der Waals surface area contributed by atoms with Crippen molar-refractivity contribution in [2.75, 3.05) is 0 Å². The third kappa shape index (κ3) is 2.91. The van der Waals surface area contributed by atoms with E-state index < -0.39 is 0 Å². The number of hydrogen-bond donors (Lipinski definition) is 0. The molecule has 0 bridgehead atoms. The smallest absolute Gasteiger partial charge is 0.321 e. The lowest BCUT2D eigenvalue weighted by Crippen LogP contribution is -1.94. The van der Waals surface area contributed by atoms with Crippen LogP contribution in [0.5, 0.6) is 11.8 Å². The Labute approximate surface area is 103 Å². The molecule has 0 aliphatic carbocycles. The van der Waals surface area contributed by atoms with Crippen LogP contribution in [-0.4, -0.2) is 9.97 Å². The Bertz CT molecular complexity index is 516. The molecule has 0 atom stereocenters. The molecule has 5 heteroatoms. The monoisotopic (exact) mass is 252 g/mol. The molecule has 0 aliphatic heterocycles. The SMILES string of the molecule is Cc1cc(F)ccc1Oc1ncc(CCl)cn1. The molecule has 88 valence electrons. The van der Waals surface area contributed by atoms with Gasteiger partial charge in [0, 0.05) is 18.0 Å². The summed E-state index contributed by atoms with van der Waals surface area (Å²) in [7, 11) is 0. The average Bonchev–Trinajstić information content (AvgIpc) is 2.34. The predicted octanol–water partition coefficient (Wildman–Crippen LogP) is 3.46. The number of aromatic nitrogens is 2. The molecule has 17 heavy (non-hydrogen) atoms. The maximum atomic E-state index is 12.9. The van der Waals surface area contributed by atoms with Crippen molar-refractivity contribution >= 4 is 11.6 Å². The van der Waals surface area contributed by atoms with Gasteiger partial charge in [-0.05, 0) is 30.7 Å². The number of benzene rings is 1. The molecule has 2 rings (SSSR count). The van der Waals surface area contributed by atoms with Gasteiger partial charge in [-0.2, -0.15) is 0 Å². The lowest BCUT2D eigenvalue weighted by atomic mass is 10.2. The largest absolute Gasteiger partial charge is 0.424 e. The summed E-state index contributed by atoms with van der Waals surface area (Å²) in [6.07, 6.45) is 3.18. The van der Waals surface area contributed by atoms with Crippen LogP contribution in [0.1, 0.15) is 11.1 Å². The van der Waals surface area contributed by atoms with E-state index in [1.807, 2.05) is 0 Å². The van der Waals surface area contributed by atoms with Crippen LogP contribution in [0.2, 0.25) is 0 Å². The predicted molar refractivity (Wildman–Crippen MR) is 62.8 cm³/mol. The standard InChI is InChI=1S/C12H10ClFN2O/c1-8-4-10(14)2-3-11(8)17-12-15-6-9(5-13)7-16-12/h2-4,6-7H,5H2,1H3. The van der Waals surface area contributed by atoms with E-state index in [-0.39, 0.29) is 11.8 Å². The van der Waals surface area contributed by atoms with E-state index in [0.29, 0.717) is 17.2 Å². The van der Waals surface area contributed by atoms with Crippen molar-refractivity contribution in [3.05, 3.63) is 47.5 Å². The van der Waals surface area contributed by atoms with Crippen LogP contribution < -0.4 is 4.74 Å². The summed E-state index contributed by atoms with van der Waals surface area (Å²) in [5.41, 5.74) is 1.50. The van der Waals surface area contributed by atoms with E-state index in [1.165, 1.54) is 12.1 Å². The normalized spacial score (nSPS) is 10.3. The summed E-state index contributed by atoms with van der Waals surface area (Å²) in [5, 5.41) is 0. The first-order chi connectivity index (χ1) is 8.19. The lowest BCUT2D eigenvalue weighted by Gasteiger charge is -2.06. The van der Waals surface area contributed by atoms with Crippen molar-refractivity contribution in [2.24, 2.45) is 0 Å². The number of aryl methyl sites for hydroxylation is 1. The maximum absolute atomic E-state index is 12.9. The first-order valence-electron chi connectivity index (χ1n) is 5.00. The molecule has 1 heterocycles. The molecule has 3 nitrogen and oxygen atoms in total. The van der Waals surface area contributed by atoms with E-state index in [0.717, 1.165) is 5.56 Å². The second-order valence-corrected chi connectivity index (χ2v) is 3.79. The van der Waals surface area contributed by atoms with E-state index >= 15 is 0 Å². The van der Waals surface area contributed by atoms with Crippen LogP contribution in [0, 0.1) is 12.7 Å². The van der Waals surface area contributed by atoms with Gasteiger partial charge in [0.05, 0.1) is 5.88 Å². The summed E-state index contributed by atoms with van der Waals surface area (Å²) >= 11 is 5.62. The molecule has 0 aliphatic rings. The second-order valence-electron chi connectivity index (χ2n) is 3.52. The fraction of sp³-hybridized carbons (Fsp3) is 0.167. The molecule has 0 saturated carbocycles. The van der Waals surface area contributed by atoms with Gasteiger partial charge in [-0.3, -0.25) is 0 Å². The third-order valence-electron chi connectivity index (χ3n) is 2.17. The zero-order valence-corrected chi connectivity index (χ0v) is 9.91. The van der Waals surface area contributed by atoms with E-state index in [9.17, 15) is 4.39 Å². The Kier molecular flexibility index (Phi) is 3.54. The Morgan fingerprint density at radius 3 is 2.59 bits per heavy atom. The molecule has 0 spiro atoms. The highest BCUT2D eigenvalue weighted by Gasteiger charge is 2.04. The number of halogens is 2. The molecule has 0 N–H and O–H groups in total. The minimum Gasteiger partial charge on any atom is -0.424 e. The molecular weight excluding hydrogens is 243 g/mol. The van der Waals surface area contributed by atoms with E-state index in [2.05, 4.69) is 9.97 Å². The van der Waals surface area contributed by atoms with Crippen molar-refractivity contribution in [2.45, 2.75) is 12.8 Å². The number of ether oxygens (including phenoxy) is 1. The van der Waals surface area contributed by atoms with Crippen LogP contribution in [0.25, 0.3) is 0 Å². The summed E-state index contributed by atoms with van der Waals surface area (Å²) in [4.78, 5) is 7.99. The average molecular weight is 253 g/mol. The summed E-state index contributed by atoms with van der Waals surface area (Å²) in [6.45, 7) is 1.76. The number of nitrogens with zero attached hydrogens (tertiary/aromatic N) is 2. The van der Waals surface area contributed by atoms with Crippen molar-refractivity contribution in [3.63, 3.8) is 0 Å². The van der Waals surface area contributed by atoms with Crippen LogP contribution >= 0.6 is 11.6 Å². The minimum atomic E-state index is -0.298. The molecule has 0 radical (unpaired) electrons. The van der Waals surface area contributed by atoms with Crippen LogP contribution in [0.4, 0.5) is 4.39 Å². The van der Waals surface area contributed by atoms with Crippen molar-refractivity contribution in [3.8, 4) is 11.8 Å². The van der Waals surface area contributed by atoms with Crippen molar-refractivity contribution < 1.29 is 9.13 Å². The Balaban J connectivity index is 2.19. The van der Waals surface area contributed by atoms with Gasteiger partial charge < -0.3 is 4.74 Å². The highest BCUT2D eigenvalue weighted by molar-refractivity contribution is 6.17. The molecule has 0 unspecified atom stereocenters. The fourth-order valence-corrected chi connectivity index (χ4v) is 1.43. The quantitative estimate of drug-likeness (QED) is 0.785. The Hall–Kier alpha value is -1.68. The van der Waals surface area contributed by atoms with Crippen LogP contribution in [0.15, 0.2) is 30.6 Å². The number of hydrogen-bond acceptors (Lipinski definition) is 3. The third-order valence-corrected chi connectivity index (χ3v) is 2.48. The van der Waals surface area contributed by atoms with Gasteiger partial charge in [0.2, 0.25) is 0 Å². The van der Waals surface area contributed by atoms with E-state index in [1.54, 1.807) is 25.4 Å². The van der Waals surface area contributed by atoms with Gasteiger partial charge in [-0.15, -0.1) is 11.6 Å². The lowest BCUT2D eigenvalue weighted by molar-refractivity contribution is 0.436. The zero-order chi connectivity index (χ0) is 12.3. The fourth-order valence-electron chi connectivity index (χ4n) is 1.29. The Morgan fingerprint density at radius 1 is 1.29 bits per heavy atom. The highest BCUT2D eigenvalue weighted by atomic mass is 35.5. The minimum absolute atomic E-state index is 0.216. The zero-order valence-electron chi connectivity index (χ0n) is 9.15. The highest BCUT2D eigenvalue weighted by Crippen LogP contribution is 2.22. The Morgan fingerprint density at radius 2 is 2.00 bits per heavy atom. The maximum Gasteiger partial charge on any atom is 0.321 e. The van der Waals surface area contributed by atoms with Gasteiger partial charge in [0.15, 0.2) is 0 Å². The molecule has 0 amide bonds. The van der Waals surface area contributed by atoms with Gasteiger partial charge in [0.25, 0.3) is 0 Å². The van der Waals surface area contributed by atoms with Gasteiger partial charge in [-0.25, -0.2) is 14.4 Å². The molecular formula is C12H10ClFN2O. The number of alkyl halides is 1.